The summed E-state index contributed by atoms with van der Waals surface area (Å²) in [5.41, 5.74) is 1.01. The second-order valence-electron chi connectivity index (χ2n) is 2.78. The van der Waals surface area contributed by atoms with Gasteiger partial charge in [0.1, 0.15) is 0 Å². The first kappa shape index (κ1) is 10.9. The van der Waals surface area contributed by atoms with E-state index in [4.69, 9.17) is 11.2 Å². The summed E-state index contributed by atoms with van der Waals surface area (Å²) in [5, 5.41) is 0. The van der Waals surface area contributed by atoms with Gasteiger partial charge in [-0.15, -0.1) is 0 Å². The van der Waals surface area contributed by atoms with Crippen molar-refractivity contribution in [2.24, 2.45) is 0 Å². The maximum absolute atomic E-state index is 11.2. The molecular weight excluding hydrogens is 227 g/mol. The molecule has 72 valence electrons. The van der Waals surface area contributed by atoms with Crippen LogP contribution in [0.1, 0.15) is 0 Å². The van der Waals surface area contributed by atoms with Crippen LogP contribution in [0.4, 0.5) is 5.69 Å². The molecule has 13 heavy (non-hydrogen) atoms. The van der Waals surface area contributed by atoms with Crippen LogP contribution in [-0.4, -0.2) is 14.1 Å². The van der Waals surface area contributed by atoms with Crippen molar-refractivity contribution in [1.29, 1.82) is 0 Å². The van der Waals surface area contributed by atoms with E-state index in [0.29, 0.717) is 0 Å². The topological polar surface area (TPSA) is 30.2 Å². The second-order valence-corrected chi connectivity index (χ2v) is 7.61. The zero-order chi connectivity index (χ0) is 10.1. The fourth-order valence-electron chi connectivity index (χ4n) is 0.868. The van der Waals surface area contributed by atoms with Gasteiger partial charge in [-0.2, -0.15) is 4.34 Å². The van der Waals surface area contributed by atoms with Gasteiger partial charge in [0.15, 0.2) is 12.4 Å². The Balaban J connectivity index is 3.01. The van der Waals surface area contributed by atoms with E-state index in [9.17, 15) is 4.89 Å². The highest BCUT2D eigenvalue weighted by molar-refractivity contribution is 8.20. The smallest absolute Gasteiger partial charge is 0.217 e. The SMILES string of the molecule is CN(C)c1cc[n+](P([O-])(=S)Cl)cc1. The third-order valence-electron chi connectivity index (χ3n) is 1.59. The number of rotatable bonds is 2. The number of hydrogen-bond donors (Lipinski definition) is 0. The van der Waals surface area contributed by atoms with E-state index >= 15 is 0 Å². The van der Waals surface area contributed by atoms with Gasteiger partial charge in [-0.25, -0.2) is 0 Å². The predicted octanol–water partition coefficient (Wildman–Crippen LogP) is 0.712. The number of nitrogens with zero attached hydrogens (tertiary/aromatic N) is 2. The first-order valence-electron chi connectivity index (χ1n) is 3.61. The lowest BCUT2D eigenvalue weighted by molar-refractivity contribution is -0.544. The van der Waals surface area contributed by atoms with Gasteiger partial charge in [0, 0.05) is 31.9 Å². The highest BCUT2D eigenvalue weighted by Crippen LogP contribution is 2.35. The van der Waals surface area contributed by atoms with Crippen LogP contribution in [0, 0.1) is 0 Å². The molecule has 0 fully saturated rings. The molecule has 0 aliphatic carbocycles. The fourth-order valence-corrected chi connectivity index (χ4v) is 1.95. The van der Waals surface area contributed by atoms with Crippen molar-refractivity contribution in [3.8, 4) is 0 Å². The maximum Gasteiger partial charge on any atom is 0.217 e. The molecule has 0 aromatic carbocycles. The molecule has 0 bridgehead atoms. The Morgan fingerprint density at radius 2 is 1.92 bits per heavy atom. The van der Waals surface area contributed by atoms with Gasteiger partial charge in [-0.3, -0.25) is 0 Å². The van der Waals surface area contributed by atoms with Crippen molar-refractivity contribution in [1.82, 2.24) is 0 Å². The van der Waals surface area contributed by atoms with Crippen LogP contribution in [0.5, 0.6) is 0 Å². The normalized spacial score (nSPS) is 15.1. The van der Waals surface area contributed by atoms with Crippen molar-refractivity contribution in [3.05, 3.63) is 24.5 Å². The van der Waals surface area contributed by atoms with Crippen molar-refractivity contribution >= 4 is 34.5 Å². The quantitative estimate of drug-likeness (QED) is 0.709. The summed E-state index contributed by atoms with van der Waals surface area (Å²) < 4.78 is 1.34. The Morgan fingerprint density at radius 1 is 1.46 bits per heavy atom. The molecule has 0 saturated heterocycles. The molecule has 0 radical (unpaired) electrons. The molecule has 1 rings (SSSR count). The minimum Gasteiger partial charge on any atom is -0.756 e. The Kier molecular flexibility index (Phi) is 3.30. The van der Waals surface area contributed by atoms with E-state index in [1.807, 2.05) is 19.0 Å². The molecular formula is C7H10ClN2OPS. The molecule has 1 aromatic heterocycles. The number of halogens is 1. The largest absolute Gasteiger partial charge is 0.756 e. The zero-order valence-electron chi connectivity index (χ0n) is 7.35. The Morgan fingerprint density at radius 3 is 2.23 bits per heavy atom. The highest BCUT2D eigenvalue weighted by Gasteiger charge is 2.09. The molecule has 1 aromatic rings. The molecule has 1 heterocycles. The van der Waals surface area contributed by atoms with Crippen molar-refractivity contribution in [3.63, 3.8) is 0 Å². The summed E-state index contributed by atoms with van der Waals surface area (Å²) in [6, 6.07) is 3.61. The molecule has 1 unspecified atom stereocenters. The fraction of sp³-hybridized carbons (Fsp3) is 0.286. The first-order valence-corrected chi connectivity index (χ1v) is 7.19. The summed E-state index contributed by atoms with van der Waals surface area (Å²) in [5.74, 6) is -3.11. The lowest BCUT2D eigenvalue weighted by atomic mass is 10.4. The second kappa shape index (κ2) is 3.93. The minimum atomic E-state index is -3.11. The lowest BCUT2D eigenvalue weighted by Gasteiger charge is -2.14. The average Bonchev–Trinajstić information content (AvgIpc) is 2.03. The molecule has 0 N–H and O–H groups in total. The number of pyridine rings is 1. The maximum atomic E-state index is 11.2. The number of aromatic nitrogens is 1. The van der Waals surface area contributed by atoms with Gasteiger partial charge in [-0.05, 0) is 23.0 Å². The van der Waals surface area contributed by atoms with E-state index in [0.717, 1.165) is 5.69 Å². The van der Waals surface area contributed by atoms with Gasteiger partial charge in [0.05, 0.1) is 0 Å². The molecule has 1 atom stereocenters. The molecule has 0 spiro atoms. The molecule has 0 aliphatic heterocycles. The van der Waals surface area contributed by atoms with E-state index in [-0.39, 0.29) is 0 Å². The summed E-state index contributed by atoms with van der Waals surface area (Å²) in [6.07, 6.45) is 3.24. The third-order valence-corrected chi connectivity index (χ3v) is 3.50. The monoisotopic (exact) mass is 236 g/mol. The van der Waals surface area contributed by atoms with Gasteiger partial charge < -0.3 is 9.79 Å². The summed E-state index contributed by atoms with van der Waals surface area (Å²) >= 11 is 10.1. The molecule has 0 aliphatic rings. The van der Waals surface area contributed by atoms with Crippen LogP contribution in [0.15, 0.2) is 24.5 Å². The van der Waals surface area contributed by atoms with E-state index in [2.05, 4.69) is 11.8 Å². The predicted molar refractivity (Wildman–Crippen MR) is 56.5 cm³/mol. The van der Waals surface area contributed by atoms with Gasteiger partial charge in [-0.1, -0.05) is 0 Å². The Bertz CT molecular complexity index is 335. The molecule has 3 nitrogen and oxygen atoms in total. The first-order chi connectivity index (χ1) is 5.91. The van der Waals surface area contributed by atoms with Gasteiger partial charge in [0.25, 0.3) is 0 Å². The summed E-state index contributed by atoms with van der Waals surface area (Å²) in [7, 11) is 3.85. The molecule has 0 amide bonds. The number of hydrogen-bond acceptors (Lipinski definition) is 3. The van der Waals surface area contributed by atoms with Crippen LogP contribution in [0.25, 0.3) is 0 Å². The minimum absolute atomic E-state index is 1.01. The standard InChI is InChI=1S/C7H10ClN2OPS/c1-9(2)7-3-5-10(6-4-7)12(8,11)13/h3-6H,1-2H3. The van der Waals surface area contributed by atoms with Crippen LogP contribution in [-0.2, 0) is 11.8 Å². The Hall–Kier alpha value is -0.150. The molecule has 0 saturated carbocycles. The zero-order valence-corrected chi connectivity index (χ0v) is 9.81. The lowest BCUT2D eigenvalue weighted by Crippen LogP contribution is -2.32. The highest BCUT2D eigenvalue weighted by atomic mass is 35.7. The van der Waals surface area contributed by atoms with Gasteiger partial charge in [0.2, 0.25) is 5.77 Å². The Labute approximate surface area is 87.5 Å². The van der Waals surface area contributed by atoms with Crippen molar-refractivity contribution < 1.29 is 9.23 Å². The van der Waals surface area contributed by atoms with E-state index in [1.165, 1.54) is 4.34 Å². The van der Waals surface area contributed by atoms with E-state index in [1.54, 1.807) is 24.5 Å². The van der Waals surface area contributed by atoms with Crippen LogP contribution >= 0.6 is 17.0 Å². The summed E-state index contributed by atoms with van der Waals surface area (Å²) in [6.45, 7) is 0. The van der Waals surface area contributed by atoms with Crippen LogP contribution < -0.4 is 14.1 Å². The van der Waals surface area contributed by atoms with Crippen molar-refractivity contribution in [2.45, 2.75) is 0 Å². The van der Waals surface area contributed by atoms with Crippen LogP contribution in [0.2, 0.25) is 0 Å². The van der Waals surface area contributed by atoms with E-state index < -0.39 is 5.77 Å². The third kappa shape index (κ3) is 2.92. The average molecular weight is 237 g/mol. The van der Waals surface area contributed by atoms with Crippen LogP contribution in [0.3, 0.4) is 0 Å². The molecule has 6 heteroatoms. The number of anilines is 1. The summed E-state index contributed by atoms with van der Waals surface area (Å²) in [4.78, 5) is 13.2. The van der Waals surface area contributed by atoms with Crippen molar-refractivity contribution in [2.75, 3.05) is 19.0 Å². The van der Waals surface area contributed by atoms with Gasteiger partial charge >= 0.3 is 0 Å².